The van der Waals surface area contributed by atoms with Gasteiger partial charge >= 0.3 is 131 Å². The summed E-state index contributed by atoms with van der Waals surface area (Å²) in [6.07, 6.45) is 8.69. The van der Waals surface area contributed by atoms with E-state index in [1.54, 1.807) is 0 Å². The second-order valence-corrected chi connectivity index (χ2v) is 9.09. The molecule has 2 aromatic rings. The quantitative estimate of drug-likeness (QED) is 0.541. The van der Waals surface area contributed by atoms with E-state index in [-0.39, 0.29) is 0 Å². The molecule has 2 heteroatoms. The third-order valence-electron chi connectivity index (χ3n) is 2.65. The monoisotopic (exact) mass is 375 g/mol. The third kappa shape index (κ3) is 5.89. The van der Waals surface area contributed by atoms with Crippen LogP contribution in [-0.4, -0.2) is 0 Å². The van der Waals surface area contributed by atoms with Gasteiger partial charge in [0.1, 0.15) is 0 Å². The summed E-state index contributed by atoms with van der Waals surface area (Å²) >= 11 is -0.972. The van der Waals surface area contributed by atoms with E-state index in [9.17, 15) is 0 Å². The summed E-state index contributed by atoms with van der Waals surface area (Å²) in [6, 6.07) is 20.7. The summed E-state index contributed by atoms with van der Waals surface area (Å²) < 4.78 is 0. The second-order valence-electron chi connectivity index (χ2n) is 4.21. The van der Waals surface area contributed by atoms with E-state index >= 15 is 0 Å². The maximum atomic E-state index is 6.43. The number of rotatable bonds is 6. The van der Waals surface area contributed by atoms with Crippen LogP contribution in [0.1, 0.15) is 11.1 Å². The number of allylic oxidation sites excluding steroid dienone is 2. The molecule has 0 aliphatic heterocycles. The van der Waals surface area contributed by atoms with Crippen molar-refractivity contribution in [3.8, 4) is 0 Å². The van der Waals surface area contributed by atoms with Crippen LogP contribution in [0.3, 0.4) is 0 Å². The van der Waals surface area contributed by atoms with Gasteiger partial charge in [-0.15, -0.1) is 0 Å². The van der Waals surface area contributed by atoms with Crippen LogP contribution in [0.25, 0.3) is 12.2 Å². The molecular weight excluding hydrogens is 358 g/mol. The van der Waals surface area contributed by atoms with Gasteiger partial charge in [0.25, 0.3) is 0 Å². The molecule has 0 bridgehead atoms. The van der Waals surface area contributed by atoms with E-state index < -0.39 is 15.7 Å². The van der Waals surface area contributed by atoms with Gasteiger partial charge in [0.2, 0.25) is 0 Å². The molecule has 0 aromatic heterocycles. The summed E-state index contributed by atoms with van der Waals surface area (Å²) in [4.78, 5) is 2.00. The van der Waals surface area contributed by atoms with Crippen LogP contribution in [0.2, 0.25) is 9.79 Å². The Morgan fingerprint density at radius 2 is 1.10 bits per heavy atom. The van der Waals surface area contributed by atoms with Crippen molar-refractivity contribution in [2.45, 2.75) is 9.79 Å². The Balaban J connectivity index is 1.74. The fraction of sp³-hybridized carbons (Fsp3) is 0.111. The summed E-state index contributed by atoms with van der Waals surface area (Å²) in [5, 5.41) is 0. The fourth-order valence-electron chi connectivity index (χ4n) is 1.69. The zero-order valence-electron chi connectivity index (χ0n) is 11.2. The maximum absolute atomic E-state index is 6.43. The molecule has 2 rings (SSSR count). The van der Waals surface area contributed by atoms with Gasteiger partial charge in [-0.1, -0.05) is 0 Å². The van der Waals surface area contributed by atoms with Gasteiger partial charge in [0.15, 0.2) is 0 Å². The Labute approximate surface area is 131 Å². The van der Waals surface area contributed by atoms with Crippen LogP contribution in [-0.2, 0) is 15.7 Å². The van der Waals surface area contributed by atoms with Crippen LogP contribution in [0, 0.1) is 0 Å². The molecule has 0 atom stereocenters. The number of hydrogen-bond acceptors (Lipinski definition) is 0. The van der Waals surface area contributed by atoms with Crippen LogP contribution in [0.15, 0.2) is 72.8 Å². The molecule has 0 radical (unpaired) electrons. The Hall–Kier alpha value is -1.13. The zero-order valence-corrected chi connectivity index (χ0v) is 13.5. The summed E-state index contributed by atoms with van der Waals surface area (Å²) in [6.45, 7) is 0. The molecule has 0 nitrogen and oxygen atoms in total. The van der Waals surface area contributed by atoms with Crippen molar-refractivity contribution in [1.29, 1.82) is 0 Å². The topological polar surface area (TPSA) is 0 Å². The van der Waals surface area contributed by atoms with Gasteiger partial charge in [-0.2, -0.15) is 0 Å². The minimum absolute atomic E-state index is 0.972. The molecule has 0 spiro atoms. The van der Waals surface area contributed by atoms with Crippen LogP contribution in [0.4, 0.5) is 0 Å². The third-order valence-corrected chi connectivity index (χ3v) is 5.91. The predicted molar refractivity (Wildman–Crippen MR) is 86.4 cm³/mol. The molecule has 0 aliphatic rings. The van der Waals surface area contributed by atoms with Crippen molar-refractivity contribution < 1.29 is 15.7 Å². The van der Waals surface area contributed by atoms with Gasteiger partial charge in [-0.3, -0.25) is 0 Å². The van der Waals surface area contributed by atoms with Gasteiger partial charge < -0.3 is 0 Å². The van der Waals surface area contributed by atoms with Gasteiger partial charge in [-0.25, -0.2) is 0 Å². The first-order chi connectivity index (χ1) is 9.84. The number of hydrogen-bond donors (Lipinski definition) is 0. The summed E-state index contributed by atoms with van der Waals surface area (Å²) in [7, 11) is 6.43. The molecule has 0 heterocycles. The first-order valence-corrected chi connectivity index (χ1v) is 10.6. The Kier molecular flexibility index (Phi) is 6.81. The molecule has 0 fully saturated rings. The standard InChI is InChI=1S/2C9H9.ClH.Pd/c2*1-2-6-9-7-4-3-5-8-9;;/h2*2-8H,1H2;1H;/q;;;+1/p-1. The van der Waals surface area contributed by atoms with Gasteiger partial charge in [0.05, 0.1) is 0 Å². The average molecular weight is 376 g/mol. The van der Waals surface area contributed by atoms with E-state index in [1.165, 1.54) is 11.1 Å². The van der Waals surface area contributed by atoms with Crippen molar-refractivity contribution in [3.05, 3.63) is 83.9 Å². The van der Waals surface area contributed by atoms with Crippen molar-refractivity contribution in [3.63, 3.8) is 0 Å². The molecular formula is C18H18ClPd. The van der Waals surface area contributed by atoms with Crippen LogP contribution < -0.4 is 0 Å². The molecule has 0 amide bonds. The predicted octanol–water partition coefficient (Wildman–Crippen LogP) is 6.02. The van der Waals surface area contributed by atoms with E-state index in [4.69, 9.17) is 9.53 Å². The van der Waals surface area contributed by atoms with Gasteiger partial charge in [-0.05, 0) is 0 Å². The first kappa shape index (κ1) is 15.3. The van der Waals surface area contributed by atoms with E-state index in [1.807, 2.05) is 12.1 Å². The van der Waals surface area contributed by atoms with Crippen molar-refractivity contribution >= 4 is 21.7 Å². The average Bonchev–Trinajstić information content (AvgIpc) is 2.49. The van der Waals surface area contributed by atoms with Crippen molar-refractivity contribution in [1.82, 2.24) is 0 Å². The molecule has 0 saturated carbocycles. The number of benzene rings is 2. The van der Waals surface area contributed by atoms with Crippen LogP contribution >= 0.6 is 9.53 Å². The Bertz CT molecular complexity index is 495. The molecule has 0 unspecified atom stereocenters. The molecule has 20 heavy (non-hydrogen) atoms. The van der Waals surface area contributed by atoms with Crippen LogP contribution in [0.5, 0.6) is 0 Å². The Morgan fingerprint density at radius 3 is 1.50 bits per heavy atom. The normalized spacial score (nSPS) is 12.2. The zero-order chi connectivity index (χ0) is 14.0. The second kappa shape index (κ2) is 8.93. The molecule has 107 valence electrons. The first-order valence-electron chi connectivity index (χ1n) is 6.45. The van der Waals surface area contributed by atoms with E-state index in [0.717, 1.165) is 9.79 Å². The SMILES string of the molecule is [Cl][Pd]([CH2]C=Cc1ccccc1)[CH2]C=Cc1ccccc1. The van der Waals surface area contributed by atoms with E-state index in [0.29, 0.717) is 0 Å². The molecule has 0 N–H and O–H groups in total. The fourth-order valence-corrected chi connectivity index (χ4v) is 3.78. The minimum atomic E-state index is -0.972. The molecule has 0 saturated heterocycles. The van der Waals surface area contributed by atoms with Crippen molar-refractivity contribution in [2.24, 2.45) is 0 Å². The Morgan fingerprint density at radius 1 is 0.700 bits per heavy atom. The van der Waals surface area contributed by atoms with Crippen molar-refractivity contribution in [2.75, 3.05) is 0 Å². The van der Waals surface area contributed by atoms with Gasteiger partial charge in [0, 0.05) is 0 Å². The summed E-state index contributed by atoms with van der Waals surface area (Å²) in [5.41, 5.74) is 2.47. The molecule has 2 aromatic carbocycles. The summed E-state index contributed by atoms with van der Waals surface area (Å²) in [5.74, 6) is 0. The molecule has 0 aliphatic carbocycles. The van der Waals surface area contributed by atoms with E-state index in [2.05, 4.69) is 72.8 Å². The number of halogens is 1.